The van der Waals surface area contributed by atoms with E-state index in [0.717, 1.165) is 40.3 Å². The molecule has 512 valence electrons. The number of phenols is 1. The number of nitrogens with zero attached hydrogens (tertiary/aromatic N) is 3. The zero-order chi connectivity index (χ0) is 70.7. The summed E-state index contributed by atoms with van der Waals surface area (Å²) in [5, 5.41) is 50.4. The zero-order valence-electron chi connectivity index (χ0n) is 53.8. The Morgan fingerprint density at radius 2 is 0.874 bits per heavy atom. The van der Waals surface area contributed by atoms with Crippen molar-refractivity contribution < 1.29 is 63.4 Å². The number of anilines is 9. The Labute approximate surface area is 550 Å². The van der Waals surface area contributed by atoms with E-state index in [4.69, 9.17) is 13.3 Å². The number of carbonyl (C=O) groups is 1. The van der Waals surface area contributed by atoms with Crippen molar-refractivity contribution in [1.29, 1.82) is 0 Å². The molecule has 0 saturated carbocycles. The molecule has 9 N–H and O–H groups in total. The van der Waals surface area contributed by atoms with E-state index >= 15 is 0 Å². The summed E-state index contributed by atoms with van der Waals surface area (Å²) in [5.41, 5.74) is -6.57. The molecule has 0 aliphatic heterocycles. The van der Waals surface area contributed by atoms with Gasteiger partial charge in [0, 0.05) is 51.0 Å². The number of halogens is 3. The molecule has 0 fully saturated rings. The summed E-state index contributed by atoms with van der Waals surface area (Å²) >= 11 is 1.69. The predicted molar refractivity (Wildman–Crippen MR) is 357 cm³/mol. The second kappa shape index (κ2) is 28.9. The highest BCUT2D eigenvalue weighted by atomic mass is 32.3. The molecule has 0 unspecified atom stereocenters. The number of alkyl halides is 3. The average Bonchev–Trinajstić information content (AvgIpc) is 0.932. The maximum Gasteiger partial charge on any atom is 0.415 e. The molecule has 26 nitrogen and oxygen atoms in total. The van der Waals surface area contributed by atoms with E-state index in [9.17, 15) is 78.9 Å². The van der Waals surface area contributed by atoms with Crippen molar-refractivity contribution in [3.05, 3.63) is 167 Å². The Hall–Kier alpha value is -9.02. The summed E-state index contributed by atoms with van der Waals surface area (Å²) in [7, 11) is -4.81. The van der Waals surface area contributed by atoms with Crippen LogP contribution in [0.2, 0.25) is 0 Å². The molecule has 0 aliphatic carbocycles. The lowest BCUT2D eigenvalue weighted by Gasteiger charge is -2.31. The van der Waals surface area contributed by atoms with Crippen LogP contribution in [0.3, 0.4) is 0 Å². The average molecular weight is 1400 g/mol. The van der Waals surface area contributed by atoms with Crippen molar-refractivity contribution in [1.82, 2.24) is 13.5 Å². The minimum absolute atomic E-state index is 0.0217. The summed E-state index contributed by atoms with van der Waals surface area (Å²) < 4.78 is 110. The summed E-state index contributed by atoms with van der Waals surface area (Å²) in [5.74, 6) is 0.425. The number of rotatable bonds is 25. The third-order valence-electron chi connectivity index (χ3n) is 14.9. The number of sulfonamides is 2. The molecule has 4 aromatic carbocycles. The molecule has 33 heteroatoms. The number of phenolic OH excluding ortho intramolecular Hbond substituents is 1. The van der Waals surface area contributed by atoms with Gasteiger partial charge in [-0.05, 0) is 81.1 Å². The number of para-hydroxylation sites is 1. The van der Waals surface area contributed by atoms with Crippen molar-refractivity contribution in [3.8, 4) is 17.2 Å². The lowest BCUT2D eigenvalue weighted by atomic mass is 9.85. The fraction of sp³-hybridized carbons (Fsp3) is 0.371. The third kappa shape index (κ3) is 15.2. The van der Waals surface area contributed by atoms with Crippen LogP contribution in [-0.2, 0) is 20.0 Å². The van der Waals surface area contributed by atoms with Crippen molar-refractivity contribution in [2.75, 3.05) is 72.2 Å². The van der Waals surface area contributed by atoms with Gasteiger partial charge >= 0.3 is 6.18 Å². The van der Waals surface area contributed by atoms with Gasteiger partial charge in [-0.15, -0.1) is 22.7 Å². The van der Waals surface area contributed by atoms with Gasteiger partial charge in [0.15, 0.2) is 31.7 Å². The van der Waals surface area contributed by atoms with Gasteiger partial charge in [-0.25, -0.2) is 16.8 Å². The van der Waals surface area contributed by atoms with Crippen LogP contribution in [0.1, 0.15) is 125 Å². The molecule has 95 heavy (non-hydrogen) atoms. The van der Waals surface area contributed by atoms with Crippen molar-refractivity contribution in [2.24, 2.45) is 5.41 Å². The minimum atomic E-state index is -4.83. The molecule has 0 bridgehead atoms. The molecular weight excluding hydrogens is 1330 g/mol. The molecule has 0 spiro atoms. The third-order valence-corrected chi connectivity index (χ3v) is 22.0. The summed E-state index contributed by atoms with van der Waals surface area (Å²) in [6.07, 6.45) is -4.23. The first kappa shape index (κ1) is 73.4. The molecule has 0 radical (unpaired) electrons. The topological polar surface area (TPSA) is 370 Å². The smallest absolute Gasteiger partial charge is 0.415 e. The maximum absolute atomic E-state index is 13.6. The maximum atomic E-state index is 13.6. The first-order chi connectivity index (χ1) is 44.4. The van der Waals surface area contributed by atoms with Gasteiger partial charge < -0.3 is 65.4 Å². The zero-order valence-corrected chi connectivity index (χ0v) is 57.1. The summed E-state index contributed by atoms with van der Waals surface area (Å²) in [6, 6.07) is 10.6. The standard InChI is InChI=1S/C22H29N3O6S2.C20H18F3N3O5.C20H25N3O6S2/c1-7-25(8-2)33(29,30)21-17(26)13(11-32-21)23-15-16(19(28)18(15)27)24-20(22(4,5)6)14-10-9-12(3)31-14;1-9-7-8-12(31-9)18(20(21,22)23)25-14-13(16(28)17(14)29)24-11-6-4-5-10(15(11)27)19(30)26(2)3;1-5-12(14-9-8-11(4)29-14)21-15-16(19(26)18(15)25)22-13-10-30-20(17(13)24)31(27,28)23(6-2)7-3/h9-11,20,23-24,26H,7-8H2,1-6H3;4-8,18,24-25,27H,1-3H3;8-10,12,21-22,24H,5-7H2,1-4H3/t20-;18-;12-/m001/s1. The number of benzene rings is 1. The van der Waals surface area contributed by atoms with Crippen LogP contribution < -0.4 is 64.5 Å². The molecule has 3 atom stereocenters. The van der Waals surface area contributed by atoms with Gasteiger partial charge in [0.1, 0.15) is 68.7 Å². The van der Waals surface area contributed by atoms with Crippen LogP contribution >= 0.6 is 22.7 Å². The van der Waals surface area contributed by atoms with Crippen molar-refractivity contribution in [2.45, 2.75) is 115 Å². The van der Waals surface area contributed by atoms with E-state index in [0.29, 0.717) is 17.9 Å². The van der Waals surface area contributed by atoms with Gasteiger partial charge in [0.05, 0.1) is 34.7 Å². The Balaban J connectivity index is 0.000000201. The molecule has 0 aliphatic rings. The van der Waals surface area contributed by atoms with Crippen LogP contribution in [0.5, 0.6) is 17.2 Å². The quantitative estimate of drug-likeness (QED) is 0.0190. The Morgan fingerprint density at radius 1 is 0.516 bits per heavy atom. The lowest BCUT2D eigenvalue weighted by Crippen LogP contribution is -2.40. The summed E-state index contributed by atoms with van der Waals surface area (Å²) in [4.78, 5) is 86.4. The fourth-order valence-electron chi connectivity index (χ4n) is 9.70. The number of hydrogen-bond acceptors (Lipinski definition) is 25. The number of aromatic hydroxyl groups is 3. The highest BCUT2D eigenvalue weighted by Crippen LogP contribution is 2.45. The van der Waals surface area contributed by atoms with E-state index in [1.165, 1.54) is 69.6 Å². The monoisotopic (exact) mass is 1400 g/mol. The molecular formula is C62H72F3N9O17S4. The number of hydrogen-bond donors (Lipinski definition) is 9. The first-order valence-electron chi connectivity index (χ1n) is 29.4. The largest absolute Gasteiger partial charge is 0.505 e. The van der Waals surface area contributed by atoms with Gasteiger partial charge in [0.2, 0.25) is 0 Å². The van der Waals surface area contributed by atoms with E-state index in [-0.39, 0.29) is 97.2 Å². The fourth-order valence-corrected chi connectivity index (χ4v) is 15.4. The van der Waals surface area contributed by atoms with Crippen LogP contribution in [-0.4, -0.2) is 98.0 Å². The first-order valence-corrected chi connectivity index (χ1v) is 34.0. The Kier molecular flexibility index (Phi) is 22.3. The summed E-state index contributed by atoms with van der Waals surface area (Å²) in [6.45, 7) is 20.8. The predicted octanol–water partition coefficient (Wildman–Crippen LogP) is 10.3. The van der Waals surface area contributed by atoms with Gasteiger partial charge in [0.25, 0.3) is 58.5 Å². The van der Waals surface area contributed by atoms with E-state index in [1.807, 2.05) is 65.1 Å². The molecule has 5 heterocycles. The normalized spacial score (nSPS) is 13.1. The van der Waals surface area contributed by atoms with Gasteiger partial charge in [-0.3, -0.25) is 33.6 Å². The molecule has 1 amide bonds. The molecule has 9 aromatic rings. The van der Waals surface area contributed by atoms with Crippen molar-refractivity contribution >= 4 is 99.8 Å². The van der Waals surface area contributed by atoms with Crippen molar-refractivity contribution in [3.63, 3.8) is 0 Å². The van der Waals surface area contributed by atoms with Crippen LogP contribution in [0, 0.1) is 26.2 Å². The second-order valence-corrected chi connectivity index (χ2v) is 28.8. The highest BCUT2D eigenvalue weighted by Gasteiger charge is 2.45. The number of amides is 1. The SMILES string of the molecule is CCN(CC)S(=O)(=O)c1scc(Nc2c(N[C@@H](c3ccc(C)o3)C(C)(C)C)c(=O)c2=O)c1O.CC[C@@H](Nc1c(Nc2csc(S(=O)(=O)N(CC)CC)c2O)c(=O)c1=O)c1ccc(C)o1.Cc1ccc([C@H](Nc2c(Nc3cccc(C(=O)N(C)C)c3O)c(=O)c2=O)C(F)(F)F)o1. The van der Waals surface area contributed by atoms with Gasteiger partial charge in [-0.1, -0.05) is 61.5 Å². The van der Waals surface area contributed by atoms with E-state index in [2.05, 4.69) is 26.6 Å². The molecule has 5 aromatic heterocycles. The van der Waals surface area contributed by atoms with Crippen LogP contribution in [0.25, 0.3) is 0 Å². The minimum Gasteiger partial charge on any atom is -0.505 e. The number of thiophene rings is 2. The number of nitrogens with one attached hydrogen (secondary N) is 6. The van der Waals surface area contributed by atoms with Gasteiger partial charge in [-0.2, -0.15) is 21.8 Å². The highest BCUT2D eigenvalue weighted by molar-refractivity contribution is 7.91. The second-order valence-electron chi connectivity index (χ2n) is 22.8. The number of aryl methyl sites for hydroxylation is 3. The molecule has 9 rings (SSSR count). The Morgan fingerprint density at radius 3 is 1.22 bits per heavy atom. The van der Waals surface area contributed by atoms with E-state index < -0.39 is 111 Å². The lowest BCUT2D eigenvalue weighted by molar-refractivity contribution is -0.147. The molecule has 0 saturated heterocycles. The number of carbonyl (C=O) groups excluding carboxylic acids is 1. The number of furan rings is 3. The Bertz CT molecular complexity index is 4710. The van der Waals surface area contributed by atoms with E-state index in [1.54, 1.807) is 33.8 Å². The van der Waals surface area contributed by atoms with Crippen LogP contribution in [0.4, 0.5) is 64.4 Å². The van der Waals surface area contributed by atoms with Crippen LogP contribution in [0.15, 0.2) is 116 Å².